The van der Waals surface area contributed by atoms with E-state index in [4.69, 9.17) is 18.9 Å². The van der Waals surface area contributed by atoms with Crippen molar-refractivity contribution in [3.05, 3.63) is 85.1 Å². The summed E-state index contributed by atoms with van der Waals surface area (Å²) in [5, 5.41) is 9.67. The van der Waals surface area contributed by atoms with E-state index in [0.29, 0.717) is 23.9 Å². The van der Waals surface area contributed by atoms with Gasteiger partial charge in [0.2, 0.25) is 0 Å². The highest BCUT2D eigenvalue weighted by Gasteiger charge is 2.25. The van der Waals surface area contributed by atoms with Crippen LogP contribution >= 0.6 is 0 Å². The number of quaternary nitrogens is 1. The molecule has 0 aromatic heterocycles. The van der Waals surface area contributed by atoms with Crippen molar-refractivity contribution in [2.45, 2.75) is 219 Å². The van der Waals surface area contributed by atoms with Crippen LogP contribution in [0.4, 0.5) is 0 Å². The number of esters is 2. The first-order chi connectivity index (χ1) is 32.6. The van der Waals surface area contributed by atoms with Gasteiger partial charge in [0.05, 0.1) is 34.4 Å². The lowest BCUT2D eigenvalue weighted by Gasteiger charge is -2.25. The van der Waals surface area contributed by atoms with Gasteiger partial charge in [-0.3, -0.25) is 9.59 Å². The fourth-order valence-corrected chi connectivity index (χ4v) is 7.08. The summed E-state index contributed by atoms with van der Waals surface area (Å²) >= 11 is 0. The topological polar surface area (TPSA) is 108 Å². The van der Waals surface area contributed by atoms with Gasteiger partial charge in [0.25, 0.3) is 6.29 Å². The Hall–Kier alpha value is -3.53. The fraction of sp³-hybridized carbons (Fsp3) is 0.707. The number of ether oxygens (including phenoxy) is 4. The number of hydrogen-bond acceptors (Lipinski definition) is 7. The van der Waals surface area contributed by atoms with E-state index < -0.39 is 24.3 Å². The number of aliphatic carboxylic acids is 1. The molecule has 0 radical (unpaired) electrons. The van der Waals surface area contributed by atoms with Crippen LogP contribution in [0.15, 0.2) is 85.1 Å². The van der Waals surface area contributed by atoms with E-state index in [-0.39, 0.29) is 38.6 Å². The average molecular weight is 939 g/mol. The van der Waals surface area contributed by atoms with Crippen molar-refractivity contribution in [3.8, 4) is 0 Å². The molecule has 2 unspecified atom stereocenters. The molecule has 0 saturated heterocycles. The molecular weight excluding hydrogens is 839 g/mol. The molecule has 2 atom stereocenters. The van der Waals surface area contributed by atoms with Gasteiger partial charge in [0.1, 0.15) is 13.2 Å². The Kier molecular flexibility index (Phi) is 46.3. The highest BCUT2D eigenvalue weighted by molar-refractivity contribution is 5.71. The summed E-state index contributed by atoms with van der Waals surface area (Å²) in [6, 6.07) is 0. The van der Waals surface area contributed by atoms with Crippen molar-refractivity contribution < 1.29 is 42.9 Å². The van der Waals surface area contributed by atoms with E-state index in [9.17, 15) is 19.5 Å². The van der Waals surface area contributed by atoms with Crippen LogP contribution < -0.4 is 0 Å². The van der Waals surface area contributed by atoms with Crippen molar-refractivity contribution >= 4 is 17.9 Å². The molecule has 1 N–H and O–H groups in total. The van der Waals surface area contributed by atoms with Crippen molar-refractivity contribution in [3.63, 3.8) is 0 Å². The molecule has 0 bridgehead atoms. The van der Waals surface area contributed by atoms with Crippen LogP contribution in [-0.4, -0.2) is 87.4 Å². The molecule has 0 aliphatic carbocycles. The minimum atomic E-state index is -1.52. The average Bonchev–Trinajstić information content (AvgIpc) is 3.29. The smallest absolute Gasteiger partial charge is 0.361 e. The number of unbranched alkanes of at least 4 members (excludes halogenated alkanes) is 19. The molecule has 9 nitrogen and oxygen atoms in total. The van der Waals surface area contributed by atoms with Crippen LogP contribution in [0.1, 0.15) is 206 Å². The van der Waals surface area contributed by atoms with Crippen LogP contribution in [0.25, 0.3) is 0 Å². The maximum atomic E-state index is 12.8. The molecule has 0 rings (SSSR count). The Morgan fingerprint density at radius 2 is 0.806 bits per heavy atom. The molecular formula is C58H100NO8+. The third kappa shape index (κ3) is 50.2. The summed E-state index contributed by atoms with van der Waals surface area (Å²) in [6.45, 7) is 4.61. The predicted octanol–water partition coefficient (Wildman–Crippen LogP) is 15.2. The van der Waals surface area contributed by atoms with Crippen LogP contribution in [0.3, 0.4) is 0 Å². The van der Waals surface area contributed by atoms with Crippen LogP contribution in [0.2, 0.25) is 0 Å². The molecule has 9 heteroatoms. The van der Waals surface area contributed by atoms with E-state index in [1.165, 1.54) is 89.9 Å². The second-order valence-electron chi connectivity index (χ2n) is 18.8. The maximum Gasteiger partial charge on any atom is 0.361 e. The van der Waals surface area contributed by atoms with Crippen LogP contribution in [-0.2, 0) is 33.3 Å². The van der Waals surface area contributed by atoms with Gasteiger partial charge in [-0.05, 0) is 83.5 Å². The molecule has 384 valence electrons. The van der Waals surface area contributed by atoms with Crippen molar-refractivity contribution in [2.75, 3.05) is 47.5 Å². The summed E-state index contributed by atoms with van der Waals surface area (Å²) in [6.07, 6.45) is 61.0. The van der Waals surface area contributed by atoms with Gasteiger partial charge in [-0.15, -0.1) is 0 Å². The second kappa shape index (κ2) is 48.9. The van der Waals surface area contributed by atoms with E-state index >= 15 is 0 Å². The Balaban J connectivity index is 4.20. The lowest BCUT2D eigenvalue weighted by atomic mass is 10.0. The zero-order valence-electron chi connectivity index (χ0n) is 43.5. The van der Waals surface area contributed by atoms with Gasteiger partial charge < -0.3 is 28.5 Å². The standard InChI is InChI=1S/C58H99NO8/c1-6-8-10-12-14-16-18-20-21-22-23-24-25-26-27-28-29-30-31-32-33-34-35-37-39-41-43-45-47-49-56(61)67-54(53-66-58(57(62)63)64-51-50-59(3,4)5)52-65-55(60)48-46-44-42-40-38-36-19-17-15-13-11-9-7-2/h8-11,14-17,20-21,23-24,36,38,54,58H,6-7,12-13,18-19,22,25-35,37,39-53H2,1-5H3/p+1/b10-8-,11-9-,16-14-,17-15-,21-20-,24-23-,38-36-. The molecule has 0 heterocycles. The van der Waals surface area contributed by atoms with Crippen molar-refractivity contribution in [2.24, 2.45) is 0 Å². The Morgan fingerprint density at radius 3 is 1.21 bits per heavy atom. The molecule has 0 amide bonds. The summed E-state index contributed by atoms with van der Waals surface area (Å²) in [5.74, 6) is -2.05. The number of allylic oxidation sites excluding steroid dienone is 14. The summed E-state index contributed by atoms with van der Waals surface area (Å²) in [7, 11) is 5.95. The Morgan fingerprint density at radius 1 is 0.448 bits per heavy atom. The molecule has 0 fully saturated rings. The third-order valence-corrected chi connectivity index (χ3v) is 11.1. The minimum Gasteiger partial charge on any atom is -0.477 e. The Bertz CT molecular complexity index is 1370. The lowest BCUT2D eigenvalue weighted by molar-refractivity contribution is -0.870. The first kappa shape index (κ1) is 63.5. The van der Waals surface area contributed by atoms with Gasteiger partial charge in [-0.25, -0.2) is 4.79 Å². The molecule has 0 aromatic rings. The molecule has 0 aliphatic heterocycles. The summed E-state index contributed by atoms with van der Waals surface area (Å²) in [4.78, 5) is 37.2. The number of nitrogens with zero attached hydrogens (tertiary/aromatic N) is 1. The number of carbonyl (C=O) groups excluding carboxylic acids is 2. The molecule has 0 saturated carbocycles. The predicted molar refractivity (Wildman–Crippen MR) is 281 cm³/mol. The lowest BCUT2D eigenvalue weighted by Crippen LogP contribution is -2.40. The van der Waals surface area contributed by atoms with Gasteiger partial charge in [-0.2, -0.15) is 0 Å². The maximum absolute atomic E-state index is 12.8. The van der Waals surface area contributed by atoms with E-state index in [1.54, 1.807) is 0 Å². The van der Waals surface area contributed by atoms with E-state index in [2.05, 4.69) is 98.9 Å². The second-order valence-corrected chi connectivity index (χ2v) is 18.8. The number of rotatable bonds is 48. The molecule has 0 aromatic carbocycles. The van der Waals surface area contributed by atoms with E-state index in [0.717, 1.165) is 77.0 Å². The van der Waals surface area contributed by atoms with E-state index in [1.807, 2.05) is 21.1 Å². The monoisotopic (exact) mass is 939 g/mol. The first-order valence-electron chi connectivity index (χ1n) is 26.8. The van der Waals surface area contributed by atoms with Gasteiger partial charge in [0, 0.05) is 12.8 Å². The third-order valence-electron chi connectivity index (χ3n) is 11.1. The highest BCUT2D eigenvalue weighted by Crippen LogP contribution is 2.16. The number of hydrogen-bond donors (Lipinski definition) is 1. The van der Waals surface area contributed by atoms with Crippen molar-refractivity contribution in [1.82, 2.24) is 0 Å². The highest BCUT2D eigenvalue weighted by atomic mass is 16.7. The summed E-state index contributed by atoms with van der Waals surface area (Å²) < 4.78 is 22.8. The first-order valence-corrected chi connectivity index (χ1v) is 26.8. The molecule has 0 aliphatic rings. The molecule has 0 spiro atoms. The number of likely N-dealkylation sites (N-methyl/N-ethyl adjacent to an activating group) is 1. The zero-order chi connectivity index (χ0) is 49.2. The number of carboxylic acid groups (broad SMARTS) is 1. The normalized spacial score (nSPS) is 13.5. The SMILES string of the molecule is CC/C=C\C/C=C\C/C=C\C/C=C\CCCCCCCCCCCCCCCCCCC(=O)OC(COC(=O)CCCCC/C=C\C/C=C\C/C=C\CC)COC(OCC[N+](C)(C)C)C(=O)O. The van der Waals surface area contributed by atoms with Crippen LogP contribution in [0.5, 0.6) is 0 Å². The van der Waals surface area contributed by atoms with Gasteiger partial charge >= 0.3 is 17.9 Å². The van der Waals surface area contributed by atoms with Crippen LogP contribution in [0, 0.1) is 0 Å². The van der Waals surface area contributed by atoms with Gasteiger partial charge in [0.15, 0.2) is 6.10 Å². The Labute approximate surface area is 410 Å². The van der Waals surface area contributed by atoms with Crippen molar-refractivity contribution in [1.29, 1.82) is 0 Å². The minimum absolute atomic E-state index is 0.180. The quantitative estimate of drug-likeness (QED) is 0.0211. The fourth-order valence-electron chi connectivity index (χ4n) is 7.08. The number of carbonyl (C=O) groups is 3. The molecule has 67 heavy (non-hydrogen) atoms. The number of carboxylic acids is 1. The zero-order valence-corrected chi connectivity index (χ0v) is 43.5. The summed E-state index contributed by atoms with van der Waals surface area (Å²) in [5.41, 5.74) is 0. The largest absolute Gasteiger partial charge is 0.477 e. The van der Waals surface area contributed by atoms with Gasteiger partial charge in [-0.1, -0.05) is 195 Å².